The van der Waals surface area contributed by atoms with Crippen molar-refractivity contribution in [1.82, 2.24) is 0 Å². The van der Waals surface area contributed by atoms with Gasteiger partial charge < -0.3 is 0 Å². The predicted molar refractivity (Wildman–Crippen MR) is 40.7 cm³/mol. The van der Waals surface area contributed by atoms with E-state index in [1.807, 2.05) is 0 Å². The summed E-state index contributed by atoms with van der Waals surface area (Å²) in [5.41, 5.74) is 0. The third-order valence-electron chi connectivity index (χ3n) is 0.766. The summed E-state index contributed by atoms with van der Waals surface area (Å²) in [5, 5.41) is 0. The topological polar surface area (TPSA) is 0 Å². The van der Waals surface area contributed by atoms with E-state index in [0.29, 0.717) is 0 Å². The molecule has 0 rings (SSSR count). The Labute approximate surface area is 57.0 Å². The van der Waals surface area contributed by atoms with Gasteiger partial charge in [0.2, 0.25) is 0 Å². The summed E-state index contributed by atoms with van der Waals surface area (Å²) in [4.78, 5) is 0. The van der Waals surface area contributed by atoms with Gasteiger partial charge in [-0.05, 0) is 0 Å². The Balaban J connectivity index is 3.18. The number of hydrogen-bond acceptors (Lipinski definition) is 0. The van der Waals surface area contributed by atoms with Crippen molar-refractivity contribution in [3.05, 3.63) is 12.7 Å². The highest BCUT2D eigenvalue weighted by Crippen LogP contribution is 1.82. The second-order valence-electron chi connectivity index (χ2n) is 1.55. The lowest BCUT2D eigenvalue weighted by Gasteiger charge is -1.75. The fourth-order valence-electron chi connectivity index (χ4n) is 0.367. The van der Waals surface area contributed by atoms with Crippen molar-refractivity contribution >= 4 is 0 Å². The van der Waals surface area contributed by atoms with Crippen molar-refractivity contribution in [2.75, 3.05) is 0 Å². The van der Waals surface area contributed by atoms with Gasteiger partial charge in [0, 0.05) is 19.3 Å². The average Bonchev–Trinajstić information content (AvgIpc) is 1.89. The van der Waals surface area contributed by atoms with Crippen molar-refractivity contribution in [2.45, 2.75) is 19.3 Å². The molecule has 0 fully saturated rings. The molecule has 0 atom stereocenters. The SMILES string of the molecule is C#CCCC#CCC=C. The third kappa shape index (κ3) is 6.86. The van der Waals surface area contributed by atoms with Crippen LogP contribution in [0.1, 0.15) is 19.3 Å². The maximum atomic E-state index is 5.01. The Kier molecular flexibility index (Phi) is 5.99. The minimum absolute atomic E-state index is 0.754. The van der Waals surface area contributed by atoms with Crippen LogP contribution in [-0.2, 0) is 0 Å². The Morgan fingerprint density at radius 3 is 2.67 bits per heavy atom. The maximum Gasteiger partial charge on any atom is 0.0267 e. The molecular weight excluding hydrogens is 108 g/mol. The molecule has 0 aromatic heterocycles. The number of unbranched alkanes of at least 4 members (excludes halogenated alkanes) is 1. The largest absolute Gasteiger partial charge is 0.120 e. The molecule has 0 unspecified atom stereocenters. The van der Waals surface area contributed by atoms with Gasteiger partial charge in [0.15, 0.2) is 0 Å². The molecule has 0 heterocycles. The van der Waals surface area contributed by atoms with Crippen molar-refractivity contribution in [1.29, 1.82) is 0 Å². The van der Waals surface area contributed by atoms with Crippen LogP contribution in [-0.4, -0.2) is 0 Å². The van der Waals surface area contributed by atoms with E-state index in [1.165, 1.54) is 0 Å². The summed E-state index contributed by atoms with van der Waals surface area (Å²) < 4.78 is 0. The first-order chi connectivity index (χ1) is 4.41. The molecule has 0 aliphatic heterocycles. The highest BCUT2D eigenvalue weighted by Gasteiger charge is 1.70. The van der Waals surface area contributed by atoms with Crippen LogP contribution in [0.5, 0.6) is 0 Å². The lowest BCUT2D eigenvalue weighted by Crippen LogP contribution is -1.63. The van der Waals surface area contributed by atoms with Crippen molar-refractivity contribution in [3.8, 4) is 24.2 Å². The summed E-state index contributed by atoms with van der Waals surface area (Å²) in [6, 6.07) is 0. The average molecular weight is 118 g/mol. The Morgan fingerprint density at radius 1 is 1.33 bits per heavy atom. The number of terminal acetylenes is 1. The zero-order valence-corrected chi connectivity index (χ0v) is 5.48. The summed E-state index contributed by atoms with van der Waals surface area (Å²) in [7, 11) is 0. The van der Waals surface area contributed by atoms with Crippen LogP contribution < -0.4 is 0 Å². The molecular formula is C9H10. The molecule has 0 aromatic carbocycles. The van der Waals surface area contributed by atoms with Gasteiger partial charge in [0.1, 0.15) is 0 Å². The number of rotatable bonds is 2. The van der Waals surface area contributed by atoms with Gasteiger partial charge in [-0.15, -0.1) is 24.8 Å². The van der Waals surface area contributed by atoms with Crippen LogP contribution in [0.3, 0.4) is 0 Å². The molecule has 0 amide bonds. The van der Waals surface area contributed by atoms with Crippen LogP contribution >= 0.6 is 0 Å². The van der Waals surface area contributed by atoms with Crippen molar-refractivity contribution in [2.24, 2.45) is 0 Å². The zero-order chi connectivity index (χ0) is 6.95. The summed E-state index contributed by atoms with van der Waals surface area (Å²) in [6.07, 6.45) is 9.12. The third-order valence-corrected chi connectivity index (χ3v) is 0.766. The highest BCUT2D eigenvalue weighted by atomic mass is 13.7. The van der Waals surface area contributed by atoms with Gasteiger partial charge in [-0.25, -0.2) is 0 Å². The summed E-state index contributed by atoms with van der Waals surface area (Å²) in [6.45, 7) is 3.54. The molecule has 46 valence electrons. The maximum absolute atomic E-state index is 5.01. The van der Waals surface area contributed by atoms with Gasteiger partial charge in [-0.3, -0.25) is 0 Å². The van der Waals surface area contributed by atoms with Gasteiger partial charge in [-0.2, -0.15) is 0 Å². The molecule has 0 saturated carbocycles. The van der Waals surface area contributed by atoms with Crippen molar-refractivity contribution in [3.63, 3.8) is 0 Å². The monoisotopic (exact) mass is 118 g/mol. The molecule has 0 spiro atoms. The van der Waals surface area contributed by atoms with Gasteiger partial charge in [0.25, 0.3) is 0 Å². The van der Waals surface area contributed by atoms with E-state index in [0.717, 1.165) is 19.3 Å². The van der Waals surface area contributed by atoms with E-state index in [4.69, 9.17) is 6.42 Å². The van der Waals surface area contributed by atoms with E-state index in [-0.39, 0.29) is 0 Å². The molecule has 0 aliphatic rings. The number of allylic oxidation sites excluding steroid dienone is 1. The number of hydrogen-bond donors (Lipinski definition) is 0. The molecule has 0 aliphatic carbocycles. The fraction of sp³-hybridized carbons (Fsp3) is 0.333. The Hall–Kier alpha value is -1.14. The predicted octanol–water partition coefficient (Wildman–Crippen LogP) is 1.98. The normalized spacial score (nSPS) is 6.56. The Morgan fingerprint density at radius 2 is 2.11 bits per heavy atom. The standard InChI is InChI=1S/C9H10/c1-3-5-7-9-8-6-4-2/h1,4H,2,5-7H2. The molecule has 0 saturated heterocycles. The summed E-state index contributed by atoms with van der Waals surface area (Å²) >= 11 is 0. The molecule has 0 N–H and O–H groups in total. The minimum atomic E-state index is 0.754. The van der Waals surface area contributed by atoms with Gasteiger partial charge in [-0.1, -0.05) is 12.0 Å². The second kappa shape index (κ2) is 6.86. The van der Waals surface area contributed by atoms with E-state index in [2.05, 4.69) is 24.3 Å². The lowest BCUT2D eigenvalue weighted by molar-refractivity contribution is 1.12. The van der Waals surface area contributed by atoms with Crippen LogP contribution in [0, 0.1) is 24.2 Å². The quantitative estimate of drug-likeness (QED) is 0.295. The molecule has 0 radical (unpaired) electrons. The minimum Gasteiger partial charge on any atom is -0.120 e. The first kappa shape index (κ1) is 7.86. The van der Waals surface area contributed by atoms with Crippen LogP contribution in [0.2, 0.25) is 0 Å². The van der Waals surface area contributed by atoms with E-state index < -0.39 is 0 Å². The Bertz CT molecular complexity index is 159. The van der Waals surface area contributed by atoms with Gasteiger partial charge in [0.05, 0.1) is 0 Å². The van der Waals surface area contributed by atoms with E-state index in [1.54, 1.807) is 6.08 Å². The lowest BCUT2D eigenvalue weighted by atomic mass is 10.3. The molecule has 0 bridgehead atoms. The van der Waals surface area contributed by atoms with Gasteiger partial charge >= 0.3 is 0 Å². The van der Waals surface area contributed by atoms with Crippen LogP contribution in [0.25, 0.3) is 0 Å². The van der Waals surface area contributed by atoms with E-state index >= 15 is 0 Å². The smallest absolute Gasteiger partial charge is 0.0267 e. The molecule has 9 heavy (non-hydrogen) atoms. The molecule has 0 aromatic rings. The van der Waals surface area contributed by atoms with Crippen LogP contribution in [0.15, 0.2) is 12.7 Å². The second-order valence-corrected chi connectivity index (χ2v) is 1.55. The van der Waals surface area contributed by atoms with E-state index in [9.17, 15) is 0 Å². The van der Waals surface area contributed by atoms with Crippen molar-refractivity contribution < 1.29 is 0 Å². The summed E-state index contributed by atoms with van der Waals surface area (Å²) in [5.74, 6) is 8.35. The molecule has 0 heteroatoms. The fourth-order valence-corrected chi connectivity index (χ4v) is 0.367. The molecule has 0 nitrogen and oxygen atoms in total. The van der Waals surface area contributed by atoms with Crippen LogP contribution in [0.4, 0.5) is 0 Å². The highest BCUT2D eigenvalue weighted by molar-refractivity contribution is 5.04. The first-order valence-electron chi connectivity index (χ1n) is 2.92. The first-order valence-corrected chi connectivity index (χ1v) is 2.92. The zero-order valence-electron chi connectivity index (χ0n) is 5.48.